The molecule has 1 unspecified atom stereocenters. The molecule has 2 rings (SSSR count). The van der Waals surface area contributed by atoms with Crippen molar-refractivity contribution in [3.8, 4) is 0 Å². The minimum atomic E-state index is -0.269. The van der Waals surface area contributed by atoms with E-state index in [2.05, 4.69) is 20.9 Å². The fraction of sp³-hybridized carbons (Fsp3) is 0.250. The van der Waals surface area contributed by atoms with E-state index < -0.39 is 0 Å². The third-order valence-electron chi connectivity index (χ3n) is 2.66. The molecule has 90 valence electrons. The highest BCUT2D eigenvalue weighted by molar-refractivity contribution is 9.10. The molecule has 0 aliphatic heterocycles. The predicted octanol–water partition coefficient (Wildman–Crippen LogP) is 2.56. The van der Waals surface area contributed by atoms with Crippen LogP contribution >= 0.6 is 15.9 Å². The number of aromatic nitrogens is 2. The van der Waals surface area contributed by atoms with Crippen LogP contribution in [0.4, 0.5) is 4.39 Å². The average molecular weight is 298 g/mol. The van der Waals surface area contributed by atoms with Gasteiger partial charge >= 0.3 is 0 Å². The molecule has 2 aromatic rings. The quantitative estimate of drug-likeness (QED) is 0.946. The van der Waals surface area contributed by atoms with Crippen LogP contribution in [0.3, 0.4) is 0 Å². The average Bonchev–Trinajstić information content (AvgIpc) is 2.71. The van der Waals surface area contributed by atoms with E-state index in [-0.39, 0.29) is 11.9 Å². The summed E-state index contributed by atoms with van der Waals surface area (Å²) in [6.45, 7) is 0. The molecule has 0 fully saturated rings. The van der Waals surface area contributed by atoms with Crippen molar-refractivity contribution in [2.75, 3.05) is 0 Å². The van der Waals surface area contributed by atoms with Crippen LogP contribution in [0.25, 0.3) is 0 Å². The fourth-order valence-corrected chi connectivity index (χ4v) is 2.19. The Kier molecular flexibility index (Phi) is 3.59. The number of benzene rings is 1. The monoisotopic (exact) mass is 297 g/mol. The molecule has 0 saturated heterocycles. The van der Waals surface area contributed by atoms with Crippen LogP contribution in [-0.4, -0.2) is 9.55 Å². The van der Waals surface area contributed by atoms with Crippen molar-refractivity contribution in [2.45, 2.75) is 12.5 Å². The largest absolute Gasteiger partial charge is 0.337 e. The highest BCUT2D eigenvalue weighted by atomic mass is 79.9. The summed E-state index contributed by atoms with van der Waals surface area (Å²) in [5.41, 5.74) is 6.91. The molecular formula is C12H13BrFN3. The first-order valence-corrected chi connectivity index (χ1v) is 6.04. The van der Waals surface area contributed by atoms with Gasteiger partial charge in [-0.3, -0.25) is 0 Å². The Balaban J connectivity index is 2.22. The van der Waals surface area contributed by atoms with E-state index in [0.717, 1.165) is 11.4 Å². The lowest BCUT2D eigenvalue weighted by atomic mass is 10.1. The number of imidazole rings is 1. The molecular weight excluding hydrogens is 285 g/mol. The number of nitrogens with zero attached hydrogens (tertiary/aromatic N) is 2. The highest BCUT2D eigenvalue weighted by Gasteiger charge is 2.14. The van der Waals surface area contributed by atoms with Crippen LogP contribution in [0.15, 0.2) is 35.1 Å². The third-order valence-corrected chi connectivity index (χ3v) is 3.55. The molecule has 1 atom stereocenters. The molecule has 2 N–H and O–H groups in total. The number of hydrogen-bond donors (Lipinski definition) is 1. The lowest BCUT2D eigenvalue weighted by Crippen LogP contribution is -2.18. The van der Waals surface area contributed by atoms with Gasteiger partial charge in [0.25, 0.3) is 0 Å². The first-order chi connectivity index (χ1) is 8.09. The maximum atomic E-state index is 13.3. The van der Waals surface area contributed by atoms with Gasteiger partial charge < -0.3 is 10.3 Å². The van der Waals surface area contributed by atoms with Crippen LogP contribution in [0.1, 0.15) is 17.4 Å². The Morgan fingerprint density at radius 1 is 1.53 bits per heavy atom. The van der Waals surface area contributed by atoms with Gasteiger partial charge in [0.15, 0.2) is 0 Å². The molecule has 0 radical (unpaired) electrons. The van der Waals surface area contributed by atoms with Gasteiger partial charge in [0.2, 0.25) is 0 Å². The van der Waals surface area contributed by atoms with Crippen LogP contribution in [-0.2, 0) is 13.5 Å². The molecule has 1 heterocycles. The highest BCUT2D eigenvalue weighted by Crippen LogP contribution is 2.24. The van der Waals surface area contributed by atoms with Crippen molar-refractivity contribution in [3.63, 3.8) is 0 Å². The molecule has 0 saturated carbocycles. The van der Waals surface area contributed by atoms with E-state index in [1.807, 2.05) is 23.9 Å². The topological polar surface area (TPSA) is 43.8 Å². The summed E-state index contributed by atoms with van der Waals surface area (Å²) in [6.07, 6.45) is 4.09. The van der Waals surface area contributed by atoms with Crippen molar-refractivity contribution in [1.29, 1.82) is 0 Å². The van der Waals surface area contributed by atoms with Crippen molar-refractivity contribution < 1.29 is 4.39 Å². The summed E-state index contributed by atoms with van der Waals surface area (Å²) in [5, 5.41) is 0. The Bertz CT molecular complexity index is 524. The van der Waals surface area contributed by atoms with Crippen LogP contribution in [0.5, 0.6) is 0 Å². The van der Waals surface area contributed by atoms with Gasteiger partial charge in [-0.1, -0.05) is 12.1 Å². The number of nitrogens with two attached hydrogens (primary N) is 1. The summed E-state index contributed by atoms with van der Waals surface area (Å²) >= 11 is 3.23. The minimum Gasteiger partial charge on any atom is -0.337 e. The summed E-state index contributed by atoms with van der Waals surface area (Å²) < 4.78 is 15.7. The third kappa shape index (κ3) is 2.56. The minimum absolute atomic E-state index is 0.243. The first kappa shape index (κ1) is 12.3. The maximum Gasteiger partial charge on any atom is 0.137 e. The van der Waals surface area contributed by atoms with Crippen LogP contribution in [0, 0.1) is 5.82 Å². The second kappa shape index (κ2) is 4.98. The molecule has 5 heteroatoms. The van der Waals surface area contributed by atoms with Crippen molar-refractivity contribution >= 4 is 15.9 Å². The first-order valence-electron chi connectivity index (χ1n) is 5.25. The summed E-state index contributed by atoms with van der Waals surface area (Å²) in [7, 11) is 1.89. The molecule has 1 aromatic heterocycles. The summed E-state index contributed by atoms with van der Waals surface area (Å²) in [4.78, 5) is 4.19. The maximum absolute atomic E-state index is 13.3. The number of hydrogen-bond acceptors (Lipinski definition) is 2. The predicted molar refractivity (Wildman–Crippen MR) is 67.9 cm³/mol. The number of halogens is 2. The Labute approximate surface area is 108 Å². The molecule has 1 aromatic carbocycles. The van der Waals surface area contributed by atoms with Crippen LogP contribution < -0.4 is 5.73 Å². The van der Waals surface area contributed by atoms with E-state index in [0.29, 0.717) is 10.9 Å². The smallest absolute Gasteiger partial charge is 0.137 e. The molecule has 0 aliphatic carbocycles. The Morgan fingerprint density at radius 2 is 2.29 bits per heavy atom. The lowest BCUT2D eigenvalue weighted by molar-refractivity contribution is 0.604. The van der Waals surface area contributed by atoms with Gasteiger partial charge in [-0.2, -0.15) is 0 Å². The standard InChI is InChI=1S/C12H13BrFN3/c1-17-6-5-16-12(17)10(15)7-8-3-2-4-9(14)11(8)13/h2-6,10H,7,15H2,1H3. The van der Waals surface area contributed by atoms with Crippen molar-refractivity contribution in [1.82, 2.24) is 9.55 Å². The van der Waals surface area contributed by atoms with Crippen LogP contribution in [0.2, 0.25) is 0 Å². The zero-order valence-corrected chi connectivity index (χ0v) is 11.0. The Morgan fingerprint density at radius 3 is 2.94 bits per heavy atom. The van der Waals surface area contributed by atoms with Gasteiger partial charge in [0.05, 0.1) is 10.5 Å². The normalized spacial score (nSPS) is 12.7. The number of rotatable bonds is 3. The molecule has 17 heavy (non-hydrogen) atoms. The lowest BCUT2D eigenvalue weighted by Gasteiger charge is -2.13. The van der Waals surface area contributed by atoms with Gasteiger partial charge in [-0.15, -0.1) is 0 Å². The summed E-state index contributed by atoms with van der Waals surface area (Å²) in [5.74, 6) is 0.524. The SMILES string of the molecule is Cn1ccnc1C(N)Cc1cccc(F)c1Br. The van der Waals surface area contributed by atoms with Gasteiger partial charge in [0, 0.05) is 19.4 Å². The van der Waals surface area contributed by atoms with E-state index in [4.69, 9.17) is 5.73 Å². The van der Waals surface area contributed by atoms with Gasteiger partial charge in [-0.05, 0) is 34.0 Å². The zero-order chi connectivity index (χ0) is 12.4. The molecule has 0 spiro atoms. The molecule has 3 nitrogen and oxygen atoms in total. The summed E-state index contributed by atoms with van der Waals surface area (Å²) in [6, 6.07) is 4.71. The second-order valence-electron chi connectivity index (χ2n) is 3.92. The van der Waals surface area contributed by atoms with E-state index >= 15 is 0 Å². The molecule has 0 bridgehead atoms. The fourth-order valence-electron chi connectivity index (χ4n) is 1.77. The van der Waals surface area contributed by atoms with Gasteiger partial charge in [-0.25, -0.2) is 9.37 Å². The van der Waals surface area contributed by atoms with Crippen molar-refractivity contribution in [2.24, 2.45) is 12.8 Å². The van der Waals surface area contributed by atoms with Crippen molar-refractivity contribution in [3.05, 3.63) is 52.3 Å². The molecule has 0 aliphatic rings. The van der Waals surface area contributed by atoms with E-state index in [1.54, 1.807) is 12.3 Å². The second-order valence-corrected chi connectivity index (χ2v) is 4.71. The van der Waals surface area contributed by atoms with E-state index in [1.165, 1.54) is 6.07 Å². The number of aryl methyl sites for hydroxylation is 1. The van der Waals surface area contributed by atoms with Gasteiger partial charge in [0.1, 0.15) is 11.6 Å². The zero-order valence-electron chi connectivity index (χ0n) is 9.40. The Hall–Kier alpha value is -1.20. The van der Waals surface area contributed by atoms with E-state index in [9.17, 15) is 4.39 Å². The molecule has 0 amide bonds.